The first-order valence-electron chi connectivity index (χ1n) is 6.02. The fourth-order valence-electron chi connectivity index (χ4n) is 1.92. The van der Waals surface area contributed by atoms with Crippen molar-refractivity contribution in [3.63, 3.8) is 0 Å². The molecule has 0 saturated heterocycles. The molecule has 19 heavy (non-hydrogen) atoms. The molecule has 0 saturated carbocycles. The zero-order valence-corrected chi connectivity index (χ0v) is 11.0. The molecule has 0 aliphatic rings. The van der Waals surface area contributed by atoms with E-state index in [2.05, 4.69) is 6.58 Å². The standard InChI is InChI=1S/C16H16O3/c1-4-16(2,3)14-12(17)10-13(19-15(14)18)11-8-6-5-7-9-11/h4-10,17H,1H2,2-3H3. The molecular weight excluding hydrogens is 240 g/mol. The third-order valence-corrected chi connectivity index (χ3v) is 3.14. The Bertz CT molecular complexity index is 651. The Morgan fingerprint density at radius 1 is 1.26 bits per heavy atom. The number of allylic oxidation sites excluding steroid dienone is 1. The lowest BCUT2D eigenvalue weighted by Gasteiger charge is -2.19. The van der Waals surface area contributed by atoms with Crippen molar-refractivity contribution < 1.29 is 9.52 Å². The largest absolute Gasteiger partial charge is 0.507 e. The first kappa shape index (κ1) is 13.1. The zero-order chi connectivity index (χ0) is 14.0. The predicted molar refractivity (Wildman–Crippen MR) is 75.3 cm³/mol. The summed E-state index contributed by atoms with van der Waals surface area (Å²) in [5.41, 5.74) is -0.205. The molecule has 2 aromatic rings. The highest BCUT2D eigenvalue weighted by molar-refractivity contribution is 5.59. The molecule has 3 nitrogen and oxygen atoms in total. The average molecular weight is 256 g/mol. The van der Waals surface area contributed by atoms with Gasteiger partial charge in [0.05, 0.1) is 5.56 Å². The van der Waals surface area contributed by atoms with E-state index in [1.807, 2.05) is 30.3 Å². The molecule has 0 atom stereocenters. The van der Waals surface area contributed by atoms with Gasteiger partial charge in [0.2, 0.25) is 0 Å². The van der Waals surface area contributed by atoms with Gasteiger partial charge < -0.3 is 9.52 Å². The van der Waals surface area contributed by atoms with Crippen molar-refractivity contribution in [3.05, 3.63) is 65.0 Å². The quantitative estimate of drug-likeness (QED) is 0.855. The molecule has 0 aliphatic heterocycles. The number of benzene rings is 1. The zero-order valence-electron chi connectivity index (χ0n) is 11.0. The van der Waals surface area contributed by atoms with E-state index in [0.29, 0.717) is 5.76 Å². The van der Waals surface area contributed by atoms with Crippen LogP contribution in [0.25, 0.3) is 11.3 Å². The van der Waals surface area contributed by atoms with Crippen molar-refractivity contribution >= 4 is 0 Å². The molecule has 0 radical (unpaired) electrons. The van der Waals surface area contributed by atoms with Gasteiger partial charge in [-0.05, 0) is 0 Å². The molecule has 0 unspecified atom stereocenters. The smallest absolute Gasteiger partial charge is 0.344 e. The Morgan fingerprint density at radius 3 is 2.42 bits per heavy atom. The van der Waals surface area contributed by atoms with Gasteiger partial charge in [-0.3, -0.25) is 0 Å². The summed E-state index contributed by atoms with van der Waals surface area (Å²) in [5.74, 6) is 0.284. The van der Waals surface area contributed by atoms with E-state index in [1.165, 1.54) is 6.07 Å². The Morgan fingerprint density at radius 2 is 1.89 bits per heavy atom. The fourth-order valence-corrected chi connectivity index (χ4v) is 1.92. The third kappa shape index (κ3) is 2.45. The molecular formula is C16H16O3. The summed E-state index contributed by atoms with van der Waals surface area (Å²) in [6.07, 6.45) is 1.61. The van der Waals surface area contributed by atoms with Gasteiger partial charge in [0.25, 0.3) is 0 Å². The first-order chi connectivity index (χ1) is 8.95. The summed E-state index contributed by atoms with van der Waals surface area (Å²) in [6, 6.07) is 10.7. The maximum absolute atomic E-state index is 12.1. The number of hydrogen-bond acceptors (Lipinski definition) is 3. The van der Waals surface area contributed by atoms with E-state index in [4.69, 9.17) is 4.42 Å². The van der Waals surface area contributed by atoms with Crippen LogP contribution in [0, 0.1) is 0 Å². The number of aromatic hydroxyl groups is 1. The van der Waals surface area contributed by atoms with Crippen LogP contribution >= 0.6 is 0 Å². The lowest BCUT2D eigenvalue weighted by Crippen LogP contribution is -2.23. The summed E-state index contributed by atoms with van der Waals surface area (Å²) >= 11 is 0. The molecule has 0 bridgehead atoms. The minimum absolute atomic E-state index is 0.0694. The summed E-state index contributed by atoms with van der Waals surface area (Å²) in [4.78, 5) is 12.1. The molecule has 2 rings (SSSR count). The van der Waals surface area contributed by atoms with Crippen LogP contribution in [0.2, 0.25) is 0 Å². The highest BCUT2D eigenvalue weighted by atomic mass is 16.4. The molecule has 98 valence electrons. The number of rotatable bonds is 3. The van der Waals surface area contributed by atoms with Crippen LogP contribution in [0.4, 0.5) is 0 Å². The normalized spacial score (nSPS) is 11.3. The highest BCUT2D eigenvalue weighted by Crippen LogP contribution is 2.31. The first-order valence-corrected chi connectivity index (χ1v) is 6.02. The Kier molecular flexibility index (Phi) is 3.30. The second-order valence-electron chi connectivity index (χ2n) is 4.95. The van der Waals surface area contributed by atoms with Gasteiger partial charge in [0.1, 0.15) is 11.5 Å². The van der Waals surface area contributed by atoms with Crippen LogP contribution in [-0.2, 0) is 5.41 Å². The Hall–Kier alpha value is -2.29. The summed E-state index contributed by atoms with van der Waals surface area (Å²) in [6.45, 7) is 7.28. The Balaban J connectivity index is 2.62. The van der Waals surface area contributed by atoms with Crippen molar-refractivity contribution in [1.29, 1.82) is 0 Å². The van der Waals surface area contributed by atoms with E-state index < -0.39 is 11.0 Å². The summed E-state index contributed by atoms with van der Waals surface area (Å²) in [5, 5.41) is 10.1. The monoisotopic (exact) mass is 256 g/mol. The second-order valence-corrected chi connectivity index (χ2v) is 4.95. The van der Waals surface area contributed by atoms with Gasteiger partial charge in [-0.1, -0.05) is 50.3 Å². The van der Waals surface area contributed by atoms with Crippen LogP contribution in [0.3, 0.4) is 0 Å². The van der Waals surface area contributed by atoms with Gasteiger partial charge in [-0.15, -0.1) is 6.58 Å². The summed E-state index contributed by atoms with van der Waals surface area (Å²) in [7, 11) is 0. The SMILES string of the molecule is C=CC(C)(C)c1c(O)cc(-c2ccccc2)oc1=O. The van der Waals surface area contributed by atoms with Gasteiger partial charge in [-0.2, -0.15) is 0 Å². The maximum Gasteiger partial charge on any atom is 0.344 e. The summed E-state index contributed by atoms with van der Waals surface area (Å²) < 4.78 is 5.30. The topological polar surface area (TPSA) is 50.4 Å². The van der Waals surface area contributed by atoms with E-state index in [0.717, 1.165) is 5.56 Å². The minimum Gasteiger partial charge on any atom is -0.507 e. The number of hydrogen-bond donors (Lipinski definition) is 1. The molecule has 1 aromatic carbocycles. The van der Waals surface area contributed by atoms with E-state index in [1.54, 1.807) is 19.9 Å². The van der Waals surface area contributed by atoms with E-state index >= 15 is 0 Å². The van der Waals surface area contributed by atoms with Crippen LogP contribution in [0.15, 0.2) is 58.3 Å². The third-order valence-electron chi connectivity index (χ3n) is 3.14. The highest BCUT2D eigenvalue weighted by Gasteiger charge is 2.26. The van der Waals surface area contributed by atoms with Crippen LogP contribution < -0.4 is 5.63 Å². The lowest BCUT2D eigenvalue weighted by atomic mass is 9.85. The lowest BCUT2D eigenvalue weighted by molar-refractivity contribution is 0.422. The van der Waals surface area contributed by atoms with Crippen molar-refractivity contribution in [2.24, 2.45) is 0 Å². The molecule has 0 fully saturated rings. The maximum atomic E-state index is 12.1. The Labute approximate surface area is 111 Å². The van der Waals surface area contributed by atoms with Gasteiger partial charge in [-0.25, -0.2) is 4.79 Å². The van der Waals surface area contributed by atoms with Crippen molar-refractivity contribution in [3.8, 4) is 17.1 Å². The van der Waals surface area contributed by atoms with Gasteiger partial charge in [0.15, 0.2) is 0 Å². The van der Waals surface area contributed by atoms with Crippen LogP contribution in [0.5, 0.6) is 5.75 Å². The average Bonchev–Trinajstić information content (AvgIpc) is 2.38. The van der Waals surface area contributed by atoms with Gasteiger partial charge >= 0.3 is 5.63 Å². The van der Waals surface area contributed by atoms with E-state index in [9.17, 15) is 9.90 Å². The molecule has 0 spiro atoms. The van der Waals surface area contributed by atoms with Crippen LogP contribution in [-0.4, -0.2) is 5.11 Å². The molecule has 1 heterocycles. The van der Waals surface area contributed by atoms with Gasteiger partial charge in [0, 0.05) is 17.0 Å². The second kappa shape index (κ2) is 4.76. The van der Waals surface area contributed by atoms with E-state index in [-0.39, 0.29) is 11.3 Å². The minimum atomic E-state index is -0.639. The molecule has 3 heteroatoms. The van der Waals surface area contributed by atoms with Crippen LogP contribution in [0.1, 0.15) is 19.4 Å². The predicted octanol–water partition coefficient (Wildman–Crippen LogP) is 3.48. The fraction of sp³-hybridized carbons (Fsp3) is 0.188. The molecule has 1 N–H and O–H groups in total. The molecule has 0 aliphatic carbocycles. The van der Waals surface area contributed by atoms with Crippen molar-refractivity contribution in [1.82, 2.24) is 0 Å². The molecule has 0 amide bonds. The van der Waals surface area contributed by atoms with Crippen molar-refractivity contribution in [2.75, 3.05) is 0 Å². The molecule has 1 aromatic heterocycles. The van der Waals surface area contributed by atoms with Crippen molar-refractivity contribution in [2.45, 2.75) is 19.3 Å².